The molecule has 1 aliphatic heterocycles. The van der Waals surface area contributed by atoms with Crippen molar-refractivity contribution >= 4 is 44.9 Å². The van der Waals surface area contributed by atoms with Crippen LogP contribution in [-0.4, -0.2) is 37.7 Å². The zero-order valence-corrected chi connectivity index (χ0v) is 21.1. The van der Waals surface area contributed by atoms with Crippen LogP contribution < -0.4 is 4.72 Å². The summed E-state index contributed by atoms with van der Waals surface area (Å²) >= 11 is 12.1. The molecule has 1 aliphatic carbocycles. The number of halogens is 2. The van der Waals surface area contributed by atoms with E-state index in [2.05, 4.69) is 16.9 Å². The summed E-state index contributed by atoms with van der Waals surface area (Å²) in [5.74, 6) is 0.165. The van der Waals surface area contributed by atoms with E-state index in [0.717, 1.165) is 36.1 Å². The van der Waals surface area contributed by atoms with Gasteiger partial charge in [-0.25, -0.2) is 23.1 Å². The predicted molar refractivity (Wildman–Crippen MR) is 141 cm³/mol. The first-order valence-electron chi connectivity index (χ1n) is 11.4. The number of aliphatic imine (C=N–C) groups is 1. The van der Waals surface area contributed by atoms with E-state index in [1.165, 1.54) is 12.1 Å². The second-order valence-electron chi connectivity index (χ2n) is 8.63. The Balaban J connectivity index is 1.52. The summed E-state index contributed by atoms with van der Waals surface area (Å²) in [7, 11) is -3.88. The van der Waals surface area contributed by atoms with Gasteiger partial charge < -0.3 is 0 Å². The molecule has 1 saturated carbocycles. The zero-order chi connectivity index (χ0) is 24.4. The first-order valence-corrected chi connectivity index (χ1v) is 13.7. The molecule has 2 aliphatic rings. The van der Waals surface area contributed by atoms with Crippen molar-refractivity contribution < 1.29 is 8.42 Å². The molecule has 5 rings (SSSR count). The number of rotatable bonds is 5. The Labute approximate surface area is 215 Å². The molecule has 35 heavy (non-hydrogen) atoms. The van der Waals surface area contributed by atoms with Crippen LogP contribution in [0.3, 0.4) is 0 Å². The molecule has 6 nitrogen and oxygen atoms in total. The Kier molecular flexibility index (Phi) is 6.82. The van der Waals surface area contributed by atoms with Crippen LogP contribution in [0.4, 0.5) is 0 Å². The molecule has 1 atom stereocenters. The van der Waals surface area contributed by atoms with Crippen LogP contribution in [0, 0.1) is 0 Å². The SMILES string of the molecule is O=S(=O)(NC(=NC1CCC1)N1C[C@H](c2ccccc2)C(c2ccc(Cl)cc2)=N1)c1ccc(Cl)cc1. The summed E-state index contributed by atoms with van der Waals surface area (Å²) in [4.78, 5) is 4.88. The van der Waals surface area contributed by atoms with Gasteiger partial charge in [-0.05, 0) is 66.8 Å². The first kappa shape index (κ1) is 23.9. The maximum atomic E-state index is 13.2. The van der Waals surface area contributed by atoms with Gasteiger partial charge in [-0.3, -0.25) is 0 Å². The van der Waals surface area contributed by atoms with Crippen molar-refractivity contribution in [3.05, 3.63) is 100 Å². The van der Waals surface area contributed by atoms with E-state index in [4.69, 9.17) is 33.3 Å². The average molecular weight is 527 g/mol. The number of hydrogen-bond donors (Lipinski definition) is 1. The lowest BCUT2D eigenvalue weighted by Gasteiger charge is -2.25. The minimum Gasteiger partial charge on any atom is -0.248 e. The van der Waals surface area contributed by atoms with E-state index in [-0.39, 0.29) is 22.8 Å². The number of benzene rings is 3. The lowest BCUT2D eigenvalue weighted by atomic mass is 9.91. The van der Waals surface area contributed by atoms with Crippen LogP contribution in [0.2, 0.25) is 10.0 Å². The standard InChI is InChI=1S/C26H24Cl2N4O2S/c27-20-11-9-19(10-12-20)25-24(18-5-2-1-3-6-18)17-32(30-25)26(29-22-7-4-8-22)31-35(33,34)23-15-13-21(28)14-16-23/h1-3,5-6,9-16,22,24H,4,7-8,17H2,(H,29,31)/t24-/m1/s1. The Bertz CT molecular complexity index is 1350. The maximum absolute atomic E-state index is 13.2. The van der Waals surface area contributed by atoms with Crippen molar-refractivity contribution in [3.8, 4) is 0 Å². The highest BCUT2D eigenvalue weighted by molar-refractivity contribution is 7.90. The molecule has 0 saturated heterocycles. The van der Waals surface area contributed by atoms with Crippen LogP contribution in [0.25, 0.3) is 0 Å². The second kappa shape index (κ2) is 10.0. The normalized spacial score (nSPS) is 18.8. The van der Waals surface area contributed by atoms with Gasteiger partial charge in [0.1, 0.15) is 0 Å². The molecule has 0 spiro atoms. The Morgan fingerprint density at radius 1 is 0.914 bits per heavy atom. The fraction of sp³-hybridized carbons (Fsp3) is 0.231. The van der Waals surface area contributed by atoms with Gasteiger partial charge >= 0.3 is 0 Å². The topological polar surface area (TPSA) is 74.1 Å². The third-order valence-corrected chi connectivity index (χ3v) is 8.08. The molecule has 0 radical (unpaired) electrons. The van der Waals surface area contributed by atoms with Crippen LogP contribution in [0.15, 0.2) is 93.9 Å². The van der Waals surface area contributed by atoms with Gasteiger partial charge in [0.25, 0.3) is 10.0 Å². The minimum absolute atomic E-state index is 0.0657. The quantitative estimate of drug-likeness (QED) is 0.343. The van der Waals surface area contributed by atoms with E-state index in [1.807, 2.05) is 42.5 Å². The van der Waals surface area contributed by atoms with E-state index in [9.17, 15) is 8.42 Å². The van der Waals surface area contributed by atoms with Crippen molar-refractivity contribution in [1.82, 2.24) is 9.73 Å². The highest BCUT2D eigenvalue weighted by Gasteiger charge is 2.34. The number of guanidine groups is 1. The summed E-state index contributed by atoms with van der Waals surface area (Å²) in [6, 6.07) is 23.7. The molecule has 0 amide bonds. The lowest BCUT2D eigenvalue weighted by molar-refractivity contribution is 0.400. The lowest BCUT2D eigenvalue weighted by Crippen LogP contribution is -2.42. The molecule has 1 fully saturated rings. The van der Waals surface area contributed by atoms with Gasteiger partial charge in [-0.15, -0.1) is 0 Å². The maximum Gasteiger partial charge on any atom is 0.264 e. The van der Waals surface area contributed by atoms with E-state index >= 15 is 0 Å². The monoisotopic (exact) mass is 526 g/mol. The van der Waals surface area contributed by atoms with Gasteiger partial charge in [0.15, 0.2) is 0 Å². The fourth-order valence-corrected chi connectivity index (χ4v) is 5.35. The number of hydrazone groups is 1. The number of nitrogens with one attached hydrogen (secondary N) is 1. The van der Waals surface area contributed by atoms with E-state index in [1.54, 1.807) is 17.1 Å². The summed E-state index contributed by atoms with van der Waals surface area (Å²) in [6.07, 6.45) is 2.93. The second-order valence-corrected chi connectivity index (χ2v) is 11.2. The first-order chi connectivity index (χ1) is 16.9. The van der Waals surface area contributed by atoms with Crippen LogP contribution >= 0.6 is 23.2 Å². The van der Waals surface area contributed by atoms with Crippen LogP contribution in [0.5, 0.6) is 0 Å². The van der Waals surface area contributed by atoms with E-state index < -0.39 is 10.0 Å². The van der Waals surface area contributed by atoms with Crippen LogP contribution in [-0.2, 0) is 10.0 Å². The molecule has 0 bridgehead atoms. The average Bonchev–Trinajstić information content (AvgIpc) is 3.27. The highest BCUT2D eigenvalue weighted by atomic mass is 35.5. The predicted octanol–water partition coefficient (Wildman–Crippen LogP) is 5.68. The van der Waals surface area contributed by atoms with Gasteiger partial charge in [0.2, 0.25) is 5.96 Å². The molecule has 9 heteroatoms. The van der Waals surface area contributed by atoms with Crippen molar-refractivity contribution in [2.75, 3.05) is 6.54 Å². The molecule has 180 valence electrons. The molecule has 3 aromatic rings. The summed E-state index contributed by atoms with van der Waals surface area (Å²) < 4.78 is 29.1. The van der Waals surface area contributed by atoms with Gasteiger partial charge in [0, 0.05) is 16.0 Å². The summed E-state index contributed by atoms with van der Waals surface area (Å²) in [6.45, 7) is 0.455. The minimum atomic E-state index is -3.88. The third-order valence-electron chi connectivity index (χ3n) is 6.23. The molecular weight excluding hydrogens is 503 g/mol. The Hall–Kier alpha value is -2.87. The summed E-state index contributed by atoms with van der Waals surface area (Å²) in [5, 5.41) is 7.66. The highest BCUT2D eigenvalue weighted by Crippen LogP contribution is 2.30. The molecule has 3 aromatic carbocycles. The fourth-order valence-electron chi connectivity index (χ4n) is 4.09. The number of hydrogen-bond acceptors (Lipinski definition) is 4. The molecular formula is C26H24Cl2N4O2S. The van der Waals surface area contributed by atoms with Crippen LogP contribution in [0.1, 0.15) is 36.3 Å². The van der Waals surface area contributed by atoms with Crippen molar-refractivity contribution in [3.63, 3.8) is 0 Å². The molecule has 0 unspecified atom stereocenters. The van der Waals surface area contributed by atoms with Crippen molar-refractivity contribution in [2.45, 2.75) is 36.1 Å². The van der Waals surface area contributed by atoms with Gasteiger partial charge in [0.05, 0.1) is 23.2 Å². The third kappa shape index (κ3) is 5.37. The van der Waals surface area contributed by atoms with Gasteiger partial charge in [-0.2, -0.15) is 5.10 Å². The Morgan fingerprint density at radius 3 is 2.14 bits per heavy atom. The largest absolute Gasteiger partial charge is 0.264 e. The Morgan fingerprint density at radius 2 is 1.54 bits per heavy atom. The molecule has 1 heterocycles. The van der Waals surface area contributed by atoms with Crippen molar-refractivity contribution in [2.24, 2.45) is 10.1 Å². The summed E-state index contributed by atoms with van der Waals surface area (Å²) in [5.41, 5.74) is 2.85. The van der Waals surface area contributed by atoms with Gasteiger partial charge in [-0.1, -0.05) is 65.7 Å². The smallest absolute Gasteiger partial charge is 0.248 e. The van der Waals surface area contributed by atoms with Crippen molar-refractivity contribution in [1.29, 1.82) is 0 Å². The molecule has 1 N–H and O–H groups in total. The zero-order valence-electron chi connectivity index (χ0n) is 18.8. The number of sulfonamides is 1. The van der Waals surface area contributed by atoms with E-state index in [0.29, 0.717) is 16.6 Å². The number of nitrogens with zero attached hydrogens (tertiary/aromatic N) is 3. The molecule has 0 aromatic heterocycles.